The smallest absolute Gasteiger partial charge is 0.251 e. The van der Waals surface area contributed by atoms with E-state index in [1.807, 2.05) is 33.8 Å². The third-order valence-electron chi connectivity index (χ3n) is 5.11. The summed E-state index contributed by atoms with van der Waals surface area (Å²) in [4.78, 5) is 21.5. The van der Waals surface area contributed by atoms with E-state index in [0.29, 0.717) is 18.3 Å². The first-order valence-corrected chi connectivity index (χ1v) is 9.23. The van der Waals surface area contributed by atoms with Crippen molar-refractivity contribution in [1.29, 1.82) is 0 Å². The SMILES string of the molecule is Cc1cc(C)nc(-n2nc(C)c(CC(=O)NC3CNCCC3C)c2C)n1. The zero-order valence-electron chi connectivity index (χ0n) is 16.3. The molecule has 3 rings (SSSR count). The number of carbonyl (C=O) groups excluding carboxylic acids is 1. The first-order valence-electron chi connectivity index (χ1n) is 9.23. The normalized spacial score (nSPS) is 20.2. The van der Waals surface area contributed by atoms with E-state index < -0.39 is 0 Å². The molecule has 2 aromatic heterocycles. The number of hydrogen-bond donors (Lipinski definition) is 2. The summed E-state index contributed by atoms with van der Waals surface area (Å²) in [6.07, 6.45) is 1.41. The second kappa shape index (κ2) is 7.53. The number of hydrogen-bond acceptors (Lipinski definition) is 5. The van der Waals surface area contributed by atoms with Gasteiger partial charge in [0.25, 0.3) is 5.95 Å². The van der Waals surface area contributed by atoms with Crippen LogP contribution in [0.5, 0.6) is 0 Å². The molecular formula is C19H28N6O. The predicted octanol–water partition coefficient (Wildman–Crippen LogP) is 1.55. The summed E-state index contributed by atoms with van der Waals surface area (Å²) in [6, 6.07) is 2.12. The van der Waals surface area contributed by atoms with Gasteiger partial charge in [-0.15, -0.1) is 0 Å². The minimum atomic E-state index is 0.0395. The molecule has 140 valence electrons. The largest absolute Gasteiger partial charge is 0.352 e. The molecule has 1 aliphatic rings. The highest BCUT2D eigenvalue weighted by Crippen LogP contribution is 2.18. The lowest BCUT2D eigenvalue weighted by molar-refractivity contribution is -0.121. The van der Waals surface area contributed by atoms with Gasteiger partial charge in [0.05, 0.1) is 12.1 Å². The van der Waals surface area contributed by atoms with Crippen LogP contribution in [0.3, 0.4) is 0 Å². The fourth-order valence-corrected chi connectivity index (χ4v) is 3.53. The molecular weight excluding hydrogens is 328 g/mol. The van der Waals surface area contributed by atoms with Crippen molar-refractivity contribution in [2.45, 2.75) is 53.5 Å². The first kappa shape index (κ1) is 18.5. The number of rotatable bonds is 4. The van der Waals surface area contributed by atoms with Crippen molar-refractivity contribution in [1.82, 2.24) is 30.4 Å². The molecule has 7 nitrogen and oxygen atoms in total. The van der Waals surface area contributed by atoms with Crippen molar-refractivity contribution < 1.29 is 4.79 Å². The van der Waals surface area contributed by atoms with Gasteiger partial charge in [-0.25, -0.2) is 14.6 Å². The van der Waals surface area contributed by atoms with Crippen LogP contribution >= 0.6 is 0 Å². The van der Waals surface area contributed by atoms with Crippen LogP contribution in [0.25, 0.3) is 5.95 Å². The lowest BCUT2D eigenvalue weighted by atomic mass is 9.94. The maximum Gasteiger partial charge on any atom is 0.251 e. The zero-order chi connectivity index (χ0) is 18.8. The van der Waals surface area contributed by atoms with Crippen LogP contribution in [0.1, 0.15) is 41.7 Å². The average molecular weight is 356 g/mol. The number of piperidine rings is 1. The molecule has 1 saturated heterocycles. The Morgan fingerprint density at radius 1 is 1.27 bits per heavy atom. The van der Waals surface area contributed by atoms with E-state index >= 15 is 0 Å². The number of amides is 1. The van der Waals surface area contributed by atoms with Gasteiger partial charge in [-0.2, -0.15) is 5.10 Å². The molecule has 1 aliphatic heterocycles. The van der Waals surface area contributed by atoms with Crippen LogP contribution in [0.4, 0.5) is 0 Å². The fourth-order valence-electron chi connectivity index (χ4n) is 3.53. The highest BCUT2D eigenvalue weighted by atomic mass is 16.1. The van der Waals surface area contributed by atoms with Gasteiger partial charge in [-0.05, 0) is 52.6 Å². The summed E-state index contributed by atoms with van der Waals surface area (Å²) >= 11 is 0. The number of nitrogens with one attached hydrogen (secondary N) is 2. The molecule has 0 saturated carbocycles. The van der Waals surface area contributed by atoms with Gasteiger partial charge in [-0.3, -0.25) is 4.79 Å². The summed E-state index contributed by atoms with van der Waals surface area (Å²) in [6.45, 7) is 11.8. The molecule has 2 N–H and O–H groups in total. The molecule has 0 aromatic carbocycles. The highest BCUT2D eigenvalue weighted by molar-refractivity contribution is 5.79. The van der Waals surface area contributed by atoms with Crippen molar-refractivity contribution >= 4 is 5.91 Å². The standard InChI is InChI=1S/C19H28N6O/c1-11-6-7-20-10-17(11)23-18(26)9-16-14(4)24-25(15(16)5)19-21-12(2)8-13(3)22-19/h8,11,17,20H,6-7,9-10H2,1-5H3,(H,23,26). The van der Waals surface area contributed by atoms with Crippen LogP contribution in [0.15, 0.2) is 6.07 Å². The average Bonchev–Trinajstić information content (AvgIpc) is 2.84. The summed E-state index contributed by atoms with van der Waals surface area (Å²) in [5.41, 5.74) is 4.51. The Hall–Kier alpha value is -2.28. The number of aryl methyl sites for hydroxylation is 3. The van der Waals surface area contributed by atoms with Gasteiger partial charge in [0, 0.05) is 35.2 Å². The van der Waals surface area contributed by atoms with E-state index in [2.05, 4.69) is 32.6 Å². The van der Waals surface area contributed by atoms with Gasteiger partial charge in [0.1, 0.15) is 0 Å². The molecule has 0 aliphatic carbocycles. The van der Waals surface area contributed by atoms with Gasteiger partial charge >= 0.3 is 0 Å². The van der Waals surface area contributed by atoms with Gasteiger partial charge in [0.2, 0.25) is 5.91 Å². The maximum atomic E-state index is 12.6. The van der Waals surface area contributed by atoms with Crippen molar-refractivity contribution in [3.63, 3.8) is 0 Å². The van der Waals surface area contributed by atoms with Crippen LogP contribution in [-0.2, 0) is 11.2 Å². The molecule has 3 heterocycles. The lowest BCUT2D eigenvalue weighted by Gasteiger charge is -2.30. The molecule has 1 amide bonds. The summed E-state index contributed by atoms with van der Waals surface area (Å²) in [5, 5.41) is 11.1. The minimum absolute atomic E-state index is 0.0395. The molecule has 2 atom stereocenters. The van der Waals surface area contributed by atoms with Crippen LogP contribution < -0.4 is 10.6 Å². The molecule has 1 fully saturated rings. The molecule has 0 spiro atoms. The van der Waals surface area contributed by atoms with E-state index in [9.17, 15) is 4.79 Å². The van der Waals surface area contributed by atoms with Crippen molar-refractivity contribution in [3.8, 4) is 5.95 Å². The molecule has 2 unspecified atom stereocenters. The number of aromatic nitrogens is 4. The Labute approximate surface area is 154 Å². The molecule has 2 aromatic rings. The van der Waals surface area contributed by atoms with Gasteiger partial charge in [0.15, 0.2) is 0 Å². The first-order chi connectivity index (χ1) is 12.3. The van der Waals surface area contributed by atoms with E-state index in [1.165, 1.54) is 0 Å². The van der Waals surface area contributed by atoms with E-state index in [0.717, 1.165) is 47.8 Å². The monoisotopic (exact) mass is 356 g/mol. The summed E-state index contributed by atoms with van der Waals surface area (Å²) in [5.74, 6) is 1.09. The van der Waals surface area contributed by atoms with Crippen molar-refractivity contribution in [3.05, 3.63) is 34.4 Å². The maximum absolute atomic E-state index is 12.6. The lowest BCUT2D eigenvalue weighted by Crippen LogP contribution is -2.50. The third-order valence-corrected chi connectivity index (χ3v) is 5.11. The summed E-state index contributed by atoms with van der Waals surface area (Å²) in [7, 11) is 0. The van der Waals surface area contributed by atoms with Crippen molar-refractivity contribution in [2.24, 2.45) is 5.92 Å². The van der Waals surface area contributed by atoms with E-state index in [-0.39, 0.29) is 11.9 Å². The highest BCUT2D eigenvalue weighted by Gasteiger charge is 2.24. The molecule has 7 heteroatoms. The predicted molar refractivity (Wildman–Crippen MR) is 100 cm³/mol. The molecule has 0 bridgehead atoms. The third kappa shape index (κ3) is 3.93. The van der Waals surface area contributed by atoms with Crippen LogP contribution in [-0.4, -0.2) is 44.8 Å². The van der Waals surface area contributed by atoms with E-state index in [4.69, 9.17) is 0 Å². The van der Waals surface area contributed by atoms with Crippen molar-refractivity contribution in [2.75, 3.05) is 13.1 Å². The minimum Gasteiger partial charge on any atom is -0.352 e. The Kier molecular flexibility index (Phi) is 5.36. The van der Waals surface area contributed by atoms with Crippen LogP contribution in [0, 0.1) is 33.6 Å². The second-order valence-corrected chi connectivity index (χ2v) is 7.33. The zero-order valence-corrected chi connectivity index (χ0v) is 16.3. The molecule has 26 heavy (non-hydrogen) atoms. The molecule has 0 radical (unpaired) electrons. The number of nitrogens with zero attached hydrogens (tertiary/aromatic N) is 4. The second-order valence-electron chi connectivity index (χ2n) is 7.33. The quantitative estimate of drug-likeness (QED) is 0.868. The number of carbonyl (C=O) groups is 1. The van der Waals surface area contributed by atoms with Gasteiger partial charge < -0.3 is 10.6 Å². The Bertz CT molecular complexity index is 792. The Morgan fingerprint density at radius 2 is 1.96 bits per heavy atom. The Morgan fingerprint density at radius 3 is 2.62 bits per heavy atom. The van der Waals surface area contributed by atoms with Crippen LogP contribution in [0.2, 0.25) is 0 Å². The van der Waals surface area contributed by atoms with Gasteiger partial charge in [-0.1, -0.05) is 6.92 Å². The fraction of sp³-hybridized carbons (Fsp3) is 0.579. The topological polar surface area (TPSA) is 84.7 Å². The van der Waals surface area contributed by atoms with E-state index in [1.54, 1.807) is 4.68 Å². The Balaban J connectivity index is 1.78. The summed E-state index contributed by atoms with van der Waals surface area (Å²) < 4.78 is 1.74.